The quantitative estimate of drug-likeness (QED) is 0.509. The number of hydrogen-bond acceptors (Lipinski definition) is 4. The van der Waals surface area contributed by atoms with Gasteiger partial charge in [-0.15, -0.1) is 0 Å². The molecule has 0 saturated carbocycles. The lowest BCUT2D eigenvalue weighted by Crippen LogP contribution is -2.63. The predicted molar refractivity (Wildman–Crippen MR) is 131 cm³/mol. The molecule has 2 aromatic carbocycles. The topological polar surface area (TPSA) is 92.0 Å². The van der Waals surface area contributed by atoms with E-state index < -0.39 is 18.0 Å². The molecular weight excluding hydrogens is 444 g/mol. The minimum absolute atomic E-state index is 0.0166. The zero-order valence-corrected chi connectivity index (χ0v) is 19.9. The molecule has 1 saturated heterocycles. The van der Waals surface area contributed by atoms with Crippen molar-refractivity contribution in [1.29, 1.82) is 0 Å². The molecule has 1 amide bonds. The Labute approximate surface area is 203 Å². The van der Waals surface area contributed by atoms with Crippen LogP contribution in [0.15, 0.2) is 78.3 Å². The van der Waals surface area contributed by atoms with E-state index >= 15 is 0 Å². The third-order valence-electron chi connectivity index (χ3n) is 7.13. The van der Waals surface area contributed by atoms with Gasteiger partial charge in [-0.2, -0.15) is 0 Å². The number of ether oxygens (including phenoxy) is 1. The van der Waals surface area contributed by atoms with Crippen LogP contribution in [0.25, 0.3) is 22.3 Å². The molecule has 7 nitrogen and oxygen atoms in total. The molecule has 3 heterocycles. The van der Waals surface area contributed by atoms with Crippen LogP contribution in [-0.2, 0) is 16.6 Å². The molecule has 35 heavy (non-hydrogen) atoms. The highest BCUT2D eigenvalue weighted by Gasteiger charge is 2.59. The Morgan fingerprint density at radius 3 is 2.34 bits per heavy atom. The maximum absolute atomic E-state index is 12.5. The summed E-state index contributed by atoms with van der Waals surface area (Å²) in [5.41, 5.74) is 4.88. The van der Waals surface area contributed by atoms with Gasteiger partial charge >= 0.3 is 5.97 Å². The van der Waals surface area contributed by atoms with E-state index in [1.54, 1.807) is 6.92 Å². The number of amides is 1. The average molecular weight is 473 g/mol. The van der Waals surface area contributed by atoms with E-state index in [-0.39, 0.29) is 30.2 Å². The SMILES string of the molecule is CC(O)C1C(=O)N2C(C(=O)O)=C(COc3cccc(-c4ccc(-c5ccn(C)c5)cc4)c3)[C@H](C)C12. The number of benzene rings is 2. The fraction of sp³-hybridized carbons (Fsp3) is 0.286. The number of carbonyl (C=O) groups excluding carboxylic acids is 1. The molecule has 4 atom stereocenters. The molecule has 1 aromatic heterocycles. The Morgan fingerprint density at radius 1 is 1.06 bits per heavy atom. The van der Waals surface area contributed by atoms with Crippen molar-refractivity contribution >= 4 is 11.9 Å². The zero-order chi connectivity index (χ0) is 24.9. The number of rotatable bonds is 7. The standard InChI is InChI=1S/C28H28N2O5/c1-16-23(26(28(33)34)30-25(16)24(17(2)31)27(30)32)15-35-22-6-4-5-20(13-22)18-7-9-19(10-8-18)21-11-12-29(3)14-21/h4-14,16-17,24-25,31H,15H2,1-3H3,(H,33,34)/t16-,17?,24?,25?/m0/s1. The molecule has 2 aliphatic rings. The predicted octanol–water partition coefficient (Wildman–Crippen LogP) is 3.93. The molecule has 0 radical (unpaired) electrons. The largest absolute Gasteiger partial charge is 0.489 e. The Kier molecular flexibility index (Phi) is 5.73. The van der Waals surface area contributed by atoms with Gasteiger partial charge in [0.25, 0.3) is 0 Å². The van der Waals surface area contributed by atoms with E-state index in [0.29, 0.717) is 11.3 Å². The fourth-order valence-corrected chi connectivity index (χ4v) is 5.29. The van der Waals surface area contributed by atoms with Crippen LogP contribution in [0.5, 0.6) is 5.75 Å². The Bertz CT molecular complexity index is 1320. The number of hydrogen-bond donors (Lipinski definition) is 2. The maximum Gasteiger partial charge on any atom is 0.352 e. The lowest BCUT2D eigenvalue weighted by Gasteiger charge is -2.46. The van der Waals surface area contributed by atoms with E-state index in [1.807, 2.05) is 49.0 Å². The van der Waals surface area contributed by atoms with E-state index in [9.17, 15) is 19.8 Å². The monoisotopic (exact) mass is 472 g/mol. The number of carboxylic acid groups (broad SMARTS) is 1. The second kappa shape index (κ2) is 8.74. The Morgan fingerprint density at radius 2 is 1.74 bits per heavy atom. The summed E-state index contributed by atoms with van der Waals surface area (Å²) >= 11 is 0. The summed E-state index contributed by atoms with van der Waals surface area (Å²) in [7, 11) is 2.00. The van der Waals surface area contributed by atoms with E-state index in [4.69, 9.17) is 4.74 Å². The molecule has 5 rings (SSSR count). The first-order valence-corrected chi connectivity index (χ1v) is 11.7. The van der Waals surface area contributed by atoms with Gasteiger partial charge in [0, 0.05) is 30.9 Å². The number of aryl methyl sites for hydroxylation is 1. The minimum atomic E-state index is -1.15. The second-order valence-corrected chi connectivity index (χ2v) is 9.39. The summed E-state index contributed by atoms with van der Waals surface area (Å²) in [5.74, 6) is -1.68. The molecular formula is C28H28N2O5. The van der Waals surface area contributed by atoms with E-state index in [2.05, 4.69) is 36.5 Å². The molecule has 180 valence electrons. The van der Waals surface area contributed by atoms with Crippen molar-refractivity contribution < 1.29 is 24.5 Å². The summed E-state index contributed by atoms with van der Waals surface area (Å²) < 4.78 is 8.05. The molecule has 0 bridgehead atoms. The van der Waals surface area contributed by atoms with Gasteiger partial charge in [0.05, 0.1) is 18.1 Å². The third-order valence-corrected chi connectivity index (χ3v) is 7.13. The molecule has 2 aliphatic heterocycles. The second-order valence-electron chi connectivity index (χ2n) is 9.39. The number of aliphatic carboxylic acids is 1. The highest BCUT2D eigenvalue weighted by molar-refractivity contribution is 6.00. The molecule has 2 N–H and O–H groups in total. The number of carbonyl (C=O) groups is 2. The number of aliphatic hydroxyl groups is 1. The highest BCUT2D eigenvalue weighted by Crippen LogP contribution is 2.47. The third kappa shape index (κ3) is 3.91. The van der Waals surface area contributed by atoms with Gasteiger partial charge < -0.3 is 24.4 Å². The van der Waals surface area contributed by atoms with Crippen LogP contribution in [0.1, 0.15) is 13.8 Å². The van der Waals surface area contributed by atoms with Crippen molar-refractivity contribution in [3.8, 4) is 28.0 Å². The molecule has 7 heteroatoms. The van der Waals surface area contributed by atoms with Crippen LogP contribution in [-0.4, -0.2) is 50.3 Å². The number of carboxylic acids is 1. The first kappa shape index (κ1) is 22.9. The molecule has 3 unspecified atom stereocenters. The van der Waals surface area contributed by atoms with Crippen molar-refractivity contribution in [3.05, 3.63) is 78.3 Å². The lowest BCUT2D eigenvalue weighted by molar-refractivity contribution is -0.163. The summed E-state index contributed by atoms with van der Waals surface area (Å²) in [5, 5.41) is 19.8. The summed E-state index contributed by atoms with van der Waals surface area (Å²) in [4.78, 5) is 25.8. The lowest BCUT2D eigenvalue weighted by atomic mass is 9.78. The van der Waals surface area contributed by atoms with Gasteiger partial charge in [-0.05, 0) is 47.4 Å². The Hall–Kier alpha value is -3.84. The smallest absolute Gasteiger partial charge is 0.352 e. The van der Waals surface area contributed by atoms with Crippen molar-refractivity contribution in [3.63, 3.8) is 0 Å². The van der Waals surface area contributed by atoms with Gasteiger partial charge in [0.2, 0.25) is 5.91 Å². The van der Waals surface area contributed by atoms with Crippen LogP contribution in [0, 0.1) is 11.8 Å². The fourth-order valence-electron chi connectivity index (χ4n) is 5.29. The molecule has 1 fully saturated rings. The summed E-state index contributed by atoms with van der Waals surface area (Å²) in [6, 6.07) is 17.7. The molecule has 0 spiro atoms. The van der Waals surface area contributed by atoms with Gasteiger partial charge in [-0.3, -0.25) is 4.79 Å². The van der Waals surface area contributed by atoms with Crippen LogP contribution >= 0.6 is 0 Å². The van der Waals surface area contributed by atoms with Crippen molar-refractivity contribution in [1.82, 2.24) is 9.47 Å². The maximum atomic E-state index is 12.5. The van der Waals surface area contributed by atoms with E-state index in [0.717, 1.165) is 22.3 Å². The number of aliphatic hydroxyl groups excluding tert-OH is 1. The van der Waals surface area contributed by atoms with Gasteiger partial charge in [-0.1, -0.05) is 43.3 Å². The molecule has 3 aromatic rings. The minimum Gasteiger partial charge on any atom is -0.489 e. The Balaban J connectivity index is 1.34. The van der Waals surface area contributed by atoms with E-state index in [1.165, 1.54) is 4.90 Å². The van der Waals surface area contributed by atoms with Crippen molar-refractivity contribution in [2.75, 3.05) is 6.61 Å². The van der Waals surface area contributed by atoms with Crippen LogP contribution in [0.4, 0.5) is 0 Å². The number of fused-ring (bicyclic) bond motifs is 1. The van der Waals surface area contributed by atoms with Gasteiger partial charge in [-0.25, -0.2) is 4.79 Å². The zero-order valence-electron chi connectivity index (χ0n) is 19.9. The molecule has 0 aliphatic carbocycles. The summed E-state index contributed by atoms with van der Waals surface area (Å²) in [6.45, 7) is 3.52. The number of β-lactam (4-membered cyclic amide) rings is 1. The first-order valence-electron chi connectivity index (χ1n) is 11.7. The van der Waals surface area contributed by atoms with Crippen LogP contribution in [0.3, 0.4) is 0 Å². The number of nitrogens with zero attached hydrogens (tertiary/aromatic N) is 2. The van der Waals surface area contributed by atoms with Gasteiger partial charge in [0.15, 0.2) is 0 Å². The number of aromatic nitrogens is 1. The van der Waals surface area contributed by atoms with Crippen molar-refractivity contribution in [2.24, 2.45) is 18.9 Å². The van der Waals surface area contributed by atoms with Crippen molar-refractivity contribution in [2.45, 2.75) is 26.0 Å². The van der Waals surface area contributed by atoms with Crippen LogP contribution < -0.4 is 4.74 Å². The first-order chi connectivity index (χ1) is 16.8. The van der Waals surface area contributed by atoms with Gasteiger partial charge in [0.1, 0.15) is 18.1 Å². The summed E-state index contributed by atoms with van der Waals surface area (Å²) in [6.07, 6.45) is 3.27. The highest BCUT2D eigenvalue weighted by atomic mass is 16.5. The average Bonchev–Trinajstić information content (AvgIpc) is 3.37. The normalized spacial score (nSPS) is 22.1. The van der Waals surface area contributed by atoms with Crippen LogP contribution in [0.2, 0.25) is 0 Å².